The molecule has 1 aliphatic rings. The number of carbonyl (C=O) groups excluding carboxylic acids is 1. The molecule has 2 aromatic rings. The highest BCUT2D eigenvalue weighted by atomic mass is 32.2. The topological polar surface area (TPSA) is 66.5 Å². The van der Waals surface area contributed by atoms with Gasteiger partial charge in [-0.15, -0.1) is 0 Å². The molecule has 0 bridgehead atoms. The van der Waals surface area contributed by atoms with E-state index in [1.165, 1.54) is 6.08 Å². The summed E-state index contributed by atoms with van der Waals surface area (Å²) in [6, 6.07) is 16.2. The fourth-order valence-corrected chi connectivity index (χ4v) is 4.73. The molecule has 30 heavy (non-hydrogen) atoms. The van der Waals surface area contributed by atoms with Gasteiger partial charge in [-0.1, -0.05) is 55.0 Å². The Kier molecular flexibility index (Phi) is 7.83. The van der Waals surface area contributed by atoms with Crippen LogP contribution in [0, 0.1) is 11.8 Å². The second-order valence-electron chi connectivity index (χ2n) is 7.11. The van der Waals surface area contributed by atoms with Gasteiger partial charge in [-0.2, -0.15) is 4.31 Å². The zero-order chi connectivity index (χ0) is 21.2. The van der Waals surface area contributed by atoms with Gasteiger partial charge in [0.25, 0.3) is 0 Å². The number of nitrogens with one attached hydrogen (secondary N) is 1. The van der Waals surface area contributed by atoms with E-state index in [-0.39, 0.29) is 12.5 Å². The van der Waals surface area contributed by atoms with Crippen molar-refractivity contribution < 1.29 is 13.2 Å². The van der Waals surface area contributed by atoms with Crippen molar-refractivity contribution in [2.45, 2.75) is 30.6 Å². The van der Waals surface area contributed by atoms with E-state index in [9.17, 15) is 13.2 Å². The van der Waals surface area contributed by atoms with Crippen molar-refractivity contribution in [3.63, 3.8) is 0 Å². The van der Waals surface area contributed by atoms with Crippen LogP contribution in [0.15, 0.2) is 65.6 Å². The first kappa shape index (κ1) is 21.8. The summed E-state index contributed by atoms with van der Waals surface area (Å²) in [6.45, 7) is 1.42. The van der Waals surface area contributed by atoms with Gasteiger partial charge < -0.3 is 5.32 Å². The Hall–Kier alpha value is -2.88. The molecule has 1 fully saturated rings. The summed E-state index contributed by atoms with van der Waals surface area (Å²) >= 11 is 0. The zero-order valence-corrected chi connectivity index (χ0v) is 17.7. The van der Waals surface area contributed by atoms with Crippen molar-refractivity contribution in [3.05, 3.63) is 71.8 Å². The molecule has 0 aromatic heterocycles. The number of amides is 1. The van der Waals surface area contributed by atoms with Crippen LogP contribution in [-0.2, 0) is 14.8 Å². The molecule has 1 aliphatic heterocycles. The molecule has 2 aromatic carbocycles. The van der Waals surface area contributed by atoms with Crippen LogP contribution in [0.3, 0.4) is 0 Å². The van der Waals surface area contributed by atoms with Crippen LogP contribution in [0.4, 0.5) is 0 Å². The summed E-state index contributed by atoms with van der Waals surface area (Å²) in [7, 11) is -3.46. The van der Waals surface area contributed by atoms with Crippen LogP contribution in [0.25, 0.3) is 6.08 Å². The molecule has 1 heterocycles. The van der Waals surface area contributed by atoms with E-state index < -0.39 is 10.0 Å². The summed E-state index contributed by atoms with van der Waals surface area (Å²) in [5.74, 6) is 5.63. The van der Waals surface area contributed by atoms with E-state index >= 15 is 0 Å². The number of benzene rings is 2. The minimum atomic E-state index is -3.46. The Morgan fingerprint density at radius 2 is 1.63 bits per heavy atom. The molecule has 1 N–H and O–H groups in total. The second kappa shape index (κ2) is 10.8. The molecule has 0 aliphatic carbocycles. The van der Waals surface area contributed by atoms with Crippen molar-refractivity contribution in [3.8, 4) is 11.8 Å². The van der Waals surface area contributed by atoms with Gasteiger partial charge in [0.15, 0.2) is 0 Å². The SMILES string of the molecule is O=C(/C=C/c1ccc(S(=O)(=O)N2CCCCCC2)cc1)NCC#Cc1ccccc1. The van der Waals surface area contributed by atoms with Gasteiger partial charge in [-0.3, -0.25) is 4.79 Å². The molecular formula is C24H26N2O3S. The maximum atomic E-state index is 12.8. The largest absolute Gasteiger partial charge is 0.342 e. The lowest BCUT2D eigenvalue weighted by molar-refractivity contribution is -0.116. The Bertz CT molecular complexity index is 1030. The Labute approximate surface area is 178 Å². The molecule has 0 saturated carbocycles. The predicted molar refractivity (Wildman–Crippen MR) is 119 cm³/mol. The summed E-state index contributed by atoms with van der Waals surface area (Å²) in [5.41, 5.74) is 1.66. The molecular weight excluding hydrogens is 396 g/mol. The van der Waals surface area contributed by atoms with Gasteiger partial charge in [0.2, 0.25) is 15.9 Å². The van der Waals surface area contributed by atoms with Crippen LogP contribution < -0.4 is 5.32 Å². The molecule has 5 nitrogen and oxygen atoms in total. The Balaban J connectivity index is 1.54. The summed E-state index contributed by atoms with van der Waals surface area (Å²) in [4.78, 5) is 12.2. The highest BCUT2D eigenvalue weighted by Gasteiger charge is 2.24. The van der Waals surface area contributed by atoms with Crippen LogP contribution in [0.1, 0.15) is 36.8 Å². The van der Waals surface area contributed by atoms with Gasteiger partial charge in [0, 0.05) is 24.7 Å². The Morgan fingerprint density at radius 1 is 0.967 bits per heavy atom. The van der Waals surface area contributed by atoms with Crippen molar-refractivity contribution in [2.24, 2.45) is 0 Å². The van der Waals surface area contributed by atoms with Crippen molar-refractivity contribution in [2.75, 3.05) is 19.6 Å². The number of sulfonamides is 1. The van der Waals surface area contributed by atoms with E-state index in [1.54, 1.807) is 34.6 Å². The van der Waals surface area contributed by atoms with E-state index in [4.69, 9.17) is 0 Å². The monoisotopic (exact) mass is 422 g/mol. The lowest BCUT2D eigenvalue weighted by atomic mass is 10.2. The van der Waals surface area contributed by atoms with Crippen LogP contribution in [-0.4, -0.2) is 38.3 Å². The van der Waals surface area contributed by atoms with Gasteiger partial charge in [0.1, 0.15) is 0 Å². The number of hydrogen-bond donors (Lipinski definition) is 1. The van der Waals surface area contributed by atoms with E-state index in [2.05, 4.69) is 17.2 Å². The Morgan fingerprint density at radius 3 is 2.30 bits per heavy atom. The first-order chi connectivity index (χ1) is 14.6. The zero-order valence-electron chi connectivity index (χ0n) is 16.9. The second-order valence-corrected chi connectivity index (χ2v) is 9.04. The molecule has 1 amide bonds. The lowest BCUT2D eigenvalue weighted by Gasteiger charge is -2.19. The molecule has 0 radical (unpaired) electrons. The summed E-state index contributed by atoms with van der Waals surface area (Å²) < 4.78 is 27.2. The fourth-order valence-electron chi connectivity index (χ4n) is 3.21. The predicted octanol–water partition coefficient (Wildman–Crippen LogP) is 3.43. The van der Waals surface area contributed by atoms with Crippen LogP contribution in [0.2, 0.25) is 0 Å². The lowest BCUT2D eigenvalue weighted by Crippen LogP contribution is -2.31. The summed E-state index contributed by atoms with van der Waals surface area (Å²) in [5, 5.41) is 2.71. The average Bonchev–Trinajstić information content (AvgIpc) is 3.07. The van der Waals surface area contributed by atoms with E-state index in [1.807, 2.05) is 30.3 Å². The molecule has 0 atom stereocenters. The highest BCUT2D eigenvalue weighted by molar-refractivity contribution is 7.89. The van der Waals surface area contributed by atoms with Crippen LogP contribution in [0.5, 0.6) is 0 Å². The minimum absolute atomic E-state index is 0.251. The van der Waals surface area contributed by atoms with Crippen LogP contribution >= 0.6 is 0 Å². The molecule has 3 rings (SSSR count). The maximum absolute atomic E-state index is 12.8. The van der Waals surface area contributed by atoms with Gasteiger partial charge >= 0.3 is 0 Å². The fraction of sp³-hybridized carbons (Fsp3) is 0.292. The molecule has 6 heteroatoms. The van der Waals surface area contributed by atoms with E-state index in [0.717, 1.165) is 36.8 Å². The molecule has 0 spiro atoms. The summed E-state index contributed by atoms with van der Waals surface area (Å²) in [6.07, 6.45) is 7.05. The van der Waals surface area contributed by atoms with Gasteiger partial charge in [0.05, 0.1) is 11.4 Å². The molecule has 0 unspecified atom stereocenters. The number of nitrogens with zero attached hydrogens (tertiary/aromatic N) is 1. The van der Waals surface area contributed by atoms with E-state index in [0.29, 0.717) is 18.0 Å². The number of carbonyl (C=O) groups is 1. The first-order valence-corrected chi connectivity index (χ1v) is 11.6. The quantitative estimate of drug-likeness (QED) is 0.593. The third-order valence-electron chi connectivity index (χ3n) is 4.87. The maximum Gasteiger partial charge on any atom is 0.244 e. The number of hydrogen-bond acceptors (Lipinski definition) is 3. The highest BCUT2D eigenvalue weighted by Crippen LogP contribution is 2.20. The van der Waals surface area contributed by atoms with Crippen molar-refractivity contribution in [1.29, 1.82) is 0 Å². The standard InChI is InChI=1S/C24H26N2O3S/c27-24(25-18-8-11-21-9-4-3-5-10-21)17-14-22-12-15-23(16-13-22)30(28,29)26-19-6-1-2-7-20-26/h3-5,9-10,12-17H,1-2,6-7,18-20H2,(H,25,27)/b17-14+. The van der Waals surface area contributed by atoms with Gasteiger partial charge in [-0.25, -0.2) is 8.42 Å². The van der Waals surface area contributed by atoms with Crippen molar-refractivity contribution in [1.82, 2.24) is 9.62 Å². The number of rotatable bonds is 5. The molecule has 1 saturated heterocycles. The normalized spacial score (nSPS) is 15.2. The average molecular weight is 423 g/mol. The van der Waals surface area contributed by atoms with Gasteiger partial charge in [-0.05, 0) is 48.7 Å². The first-order valence-electron chi connectivity index (χ1n) is 10.2. The smallest absolute Gasteiger partial charge is 0.244 e. The third kappa shape index (κ3) is 6.31. The van der Waals surface area contributed by atoms with Crippen molar-refractivity contribution >= 4 is 22.0 Å². The molecule has 156 valence electrons. The third-order valence-corrected chi connectivity index (χ3v) is 6.78. The minimum Gasteiger partial charge on any atom is -0.342 e.